The van der Waals surface area contributed by atoms with Gasteiger partial charge in [-0.05, 0) is 34.0 Å². The van der Waals surface area contributed by atoms with Gasteiger partial charge < -0.3 is 4.90 Å². The average molecular weight is 334 g/mol. The number of halogens is 1. The van der Waals surface area contributed by atoms with Gasteiger partial charge in [0.05, 0.1) is 0 Å². The van der Waals surface area contributed by atoms with Crippen LogP contribution in [0.2, 0.25) is 0 Å². The van der Waals surface area contributed by atoms with Crippen LogP contribution in [0.4, 0.5) is 0 Å². The summed E-state index contributed by atoms with van der Waals surface area (Å²) in [5.41, 5.74) is 2.06. The molecule has 4 rings (SSSR count). The van der Waals surface area contributed by atoms with Gasteiger partial charge in [0.1, 0.15) is 0 Å². The molecule has 3 nitrogen and oxygen atoms in total. The Bertz CT molecular complexity index is 947. The van der Waals surface area contributed by atoms with Gasteiger partial charge in [-0.15, -0.1) is 0 Å². The molecule has 1 aliphatic rings. The van der Waals surface area contributed by atoms with E-state index in [1.54, 1.807) is 0 Å². The van der Waals surface area contributed by atoms with Crippen LogP contribution in [0.25, 0.3) is 10.8 Å². The van der Waals surface area contributed by atoms with Crippen LogP contribution in [0.3, 0.4) is 0 Å². The van der Waals surface area contributed by atoms with Crippen LogP contribution in [0, 0.1) is 0 Å². The van der Waals surface area contributed by atoms with E-state index in [1.165, 1.54) is 10.8 Å². The van der Waals surface area contributed by atoms with E-state index in [4.69, 9.17) is 16.6 Å². The van der Waals surface area contributed by atoms with Crippen molar-refractivity contribution in [3.05, 3.63) is 83.9 Å². The van der Waals surface area contributed by atoms with E-state index in [1.807, 2.05) is 48.3 Å². The van der Waals surface area contributed by atoms with E-state index in [9.17, 15) is 0 Å². The van der Waals surface area contributed by atoms with Crippen LogP contribution < -0.4 is 0 Å². The number of fused-ring (bicyclic) bond motifs is 1. The Morgan fingerprint density at radius 2 is 1.58 bits per heavy atom. The molecule has 1 unspecified atom stereocenters. The standard InChI is InChI=1S/C20H16ClN3/c1-24-19(15-8-3-2-4-9-15)22-18(23-20(24)21)17-12-11-14-7-5-6-10-16(14)13-17/h2-13,19H,1H3. The average Bonchev–Trinajstić information content (AvgIpc) is 2.64. The molecule has 0 fully saturated rings. The molecular weight excluding hydrogens is 318 g/mol. The molecule has 24 heavy (non-hydrogen) atoms. The third kappa shape index (κ3) is 2.68. The van der Waals surface area contributed by atoms with Crippen LogP contribution in [-0.4, -0.2) is 23.1 Å². The van der Waals surface area contributed by atoms with E-state index < -0.39 is 0 Å². The van der Waals surface area contributed by atoms with E-state index in [2.05, 4.69) is 41.4 Å². The summed E-state index contributed by atoms with van der Waals surface area (Å²) in [7, 11) is 1.91. The van der Waals surface area contributed by atoms with Crippen molar-refractivity contribution in [2.75, 3.05) is 7.05 Å². The van der Waals surface area contributed by atoms with Crippen molar-refractivity contribution in [1.29, 1.82) is 0 Å². The molecule has 1 atom stereocenters. The zero-order chi connectivity index (χ0) is 16.5. The fraction of sp³-hybridized carbons (Fsp3) is 0.100. The predicted molar refractivity (Wildman–Crippen MR) is 101 cm³/mol. The molecule has 1 aliphatic heterocycles. The maximum atomic E-state index is 6.37. The largest absolute Gasteiger partial charge is 0.324 e. The summed E-state index contributed by atoms with van der Waals surface area (Å²) in [5.74, 6) is 0.665. The van der Waals surface area contributed by atoms with E-state index in [-0.39, 0.29) is 6.17 Å². The fourth-order valence-corrected chi connectivity index (χ4v) is 3.06. The Kier molecular flexibility index (Phi) is 3.79. The third-order valence-electron chi connectivity index (χ3n) is 4.21. The number of hydrogen-bond donors (Lipinski definition) is 0. The molecule has 0 spiro atoms. The number of benzene rings is 3. The summed E-state index contributed by atoms with van der Waals surface area (Å²) in [6, 6.07) is 24.6. The van der Waals surface area contributed by atoms with Gasteiger partial charge in [-0.25, -0.2) is 4.99 Å². The number of nitrogens with zero attached hydrogens (tertiary/aromatic N) is 3. The molecule has 3 aromatic rings. The summed E-state index contributed by atoms with van der Waals surface area (Å²) in [4.78, 5) is 11.2. The van der Waals surface area contributed by atoms with Gasteiger partial charge in [0.2, 0.25) is 5.29 Å². The summed E-state index contributed by atoms with van der Waals surface area (Å²) in [5, 5.41) is 2.81. The molecule has 0 N–H and O–H groups in total. The quantitative estimate of drug-likeness (QED) is 0.617. The topological polar surface area (TPSA) is 28.0 Å². The summed E-state index contributed by atoms with van der Waals surface area (Å²) in [6.07, 6.45) is -0.169. The minimum Gasteiger partial charge on any atom is -0.324 e. The smallest absolute Gasteiger partial charge is 0.202 e. The lowest BCUT2D eigenvalue weighted by Crippen LogP contribution is -2.31. The molecule has 4 heteroatoms. The van der Waals surface area contributed by atoms with Crippen LogP contribution in [0.5, 0.6) is 0 Å². The minimum atomic E-state index is -0.169. The highest BCUT2D eigenvalue weighted by atomic mass is 35.5. The molecular formula is C20H16ClN3. The maximum Gasteiger partial charge on any atom is 0.202 e. The van der Waals surface area contributed by atoms with Gasteiger partial charge in [0, 0.05) is 12.6 Å². The van der Waals surface area contributed by atoms with Gasteiger partial charge in [0.15, 0.2) is 12.0 Å². The first kappa shape index (κ1) is 14.9. The van der Waals surface area contributed by atoms with Crippen molar-refractivity contribution >= 4 is 33.5 Å². The van der Waals surface area contributed by atoms with Crippen molar-refractivity contribution in [1.82, 2.24) is 4.90 Å². The lowest BCUT2D eigenvalue weighted by Gasteiger charge is -2.29. The van der Waals surface area contributed by atoms with Gasteiger partial charge in [-0.1, -0.05) is 66.7 Å². The van der Waals surface area contributed by atoms with Gasteiger partial charge in [-0.2, -0.15) is 4.99 Å². The molecule has 0 aliphatic carbocycles. The summed E-state index contributed by atoms with van der Waals surface area (Å²) in [6.45, 7) is 0. The Morgan fingerprint density at radius 3 is 2.38 bits per heavy atom. The van der Waals surface area contributed by atoms with Crippen LogP contribution in [0.1, 0.15) is 17.3 Å². The SMILES string of the molecule is CN1C(Cl)=NC(c2ccc3ccccc3c2)=NC1c1ccccc1. The number of hydrogen-bond acceptors (Lipinski definition) is 3. The first-order chi connectivity index (χ1) is 11.7. The molecule has 3 aromatic carbocycles. The van der Waals surface area contributed by atoms with Crippen LogP contribution >= 0.6 is 11.6 Å². The first-order valence-electron chi connectivity index (χ1n) is 7.81. The normalized spacial score (nSPS) is 17.6. The molecule has 0 saturated carbocycles. The molecule has 1 heterocycles. The van der Waals surface area contributed by atoms with Gasteiger partial charge in [-0.3, -0.25) is 0 Å². The van der Waals surface area contributed by atoms with E-state index in [0.29, 0.717) is 11.1 Å². The van der Waals surface area contributed by atoms with Crippen LogP contribution in [-0.2, 0) is 0 Å². The van der Waals surface area contributed by atoms with Gasteiger partial charge in [0.25, 0.3) is 0 Å². The van der Waals surface area contributed by atoms with Crippen molar-refractivity contribution < 1.29 is 0 Å². The van der Waals surface area contributed by atoms with E-state index >= 15 is 0 Å². The highest BCUT2D eigenvalue weighted by molar-refractivity contribution is 6.65. The molecule has 0 saturated heterocycles. The van der Waals surface area contributed by atoms with Gasteiger partial charge >= 0.3 is 0 Å². The maximum absolute atomic E-state index is 6.37. The number of aliphatic imine (C=N–C) groups is 2. The zero-order valence-corrected chi connectivity index (χ0v) is 14.0. The van der Waals surface area contributed by atoms with Crippen LogP contribution in [0.15, 0.2) is 82.8 Å². The molecule has 0 bridgehead atoms. The summed E-state index contributed by atoms with van der Waals surface area (Å²) < 4.78 is 0. The lowest BCUT2D eigenvalue weighted by molar-refractivity contribution is 0.388. The first-order valence-corrected chi connectivity index (χ1v) is 8.19. The van der Waals surface area contributed by atoms with Crippen molar-refractivity contribution in [3.63, 3.8) is 0 Å². The second kappa shape index (κ2) is 6.10. The van der Waals surface area contributed by atoms with E-state index in [0.717, 1.165) is 11.1 Å². The highest BCUT2D eigenvalue weighted by Gasteiger charge is 2.24. The Labute approximate surface area is 145 Å². The Hall–Kier alpha value is -2.65. The van der Waals surface area contributed by atoms with Crippen molar-refractivity contribution in [2.24, 2.45) is 9.98 Å². The Morgan fingerprint density at radius 1 is 0.875 bits per heavy atom. The highest BCUT2D eigenvalue weighted by Crippen LogP contribution is 2.27. The summed E-state index contributed by atoms with van der Waals surface area (Å²) >= 11 is 6.37. The Balaban J connectivity index is 1.80. The molecule has 0 amide bonds. The third-order valence-corrected chi connectivity index (χ3v) is 4.56. The molecule has 0 radical (unpaired) electrons. The second-order valence-corrected chi connectivity index (χ2v) is 6.13. The molecule has 0 aromatic heterocycles. The predicted octanol–water partition coefficient (Wildman–Crippen LogP) is 4.83. The molecule has 118 valence electrons. The monoisotopic (exact) mass is 333 g/mol. The fourth-order valence-electron chi connectivity index (χ4n) is 2.89. The van der Waals surface area contributed by atoms with Crippen molar-refractivity contribution in [3.8, 4) is 0 Å². The number of amidine groups is 2. The minimum absolute atomic E-state index is 0.169. The zero-order valence-electron chi connectivity index (χ0n) is 13.2. The lowest BCUT2D eigenvalue weighted by atomic mass is 10.1. The second-order valence-electron chi connectivity index (χ2n) is 5.79. The number of rotatable bonds is 2. The van der Waals surface area contributed by atoms with Crippen molar-refractivity contribution in [2.45, 2.75) is 6.17 Å².